The van der Waals surface area contributed by atoms with Crippen LogP contribution >= 0.6 is 0 Å². The minimum absolute atomic E-state index is 0.685. The molecule has 4 aromatic rings. The van der Waals surface area contributed by atoms with Crippen LogP contribution in [0.4, 0.5) is 0 Å². The van der Waals surface area contributed by atoms with E-state index in [0.717, 1.165) is 70.8 Å². The smallest absolute Gasteiger partial charge is 0.161 e. The van der Waals surface area contributed by atoms with E-state index in [9.17, 15) is 0 Å². The van der Waals surface area contributed by atoms with Gasteiger partial charge in [-0.25, -0.2) is 4.98 Å². The molecule has 0 aliphatic rings. The van der Waals surface area contributed by atoms with Crippen molar-refractivity contribution in [3.63, 3.8) is 0 Å². The Bertz CT molecular complexity index is 1110. The van der Waals surface area contributed by atoms with Crippen molar-refractivity contribution in [3.05, 3.63) is 91.0 Å². The number of hydrogen-bond acceptors (Lipinski definition) is 3. The average molecular weight is 452 g/mol. The maximum Gasteiger partial charge on any atom is 0.161 e. The van der Waals surface area contributed by atoms with Gasteiger partial charge >= 0.3 is 0 Å². The molecule has 0 aliphatic heterocycles. The van der Waals surface area contributed by atoms with E-state index in [-0.39, 0.29) is 0 Å². The summed E-state index contributed by atoms with van der Waals surface area (Å²) in [5, 5.41) is 0. The Hall–Kier alpha value is -3.59. The van der Waals surface area contributed by atoms with Crippen LogP contribution in [0.15, 0.2) is 91.0 Å². The van der Waals surface area contributed by atoms with Crippen molar-refractivity contribution in [3.8, 4) is 45.1 Å². The van der Waals surface area contributed by atoms with Crippen LogP contribution in [0, 0.1) is 0 Å². The molecule has 3 nitrogen and oxygen atoms in total. The third kappa shape index (κ3) is 6.05. The Kier molecular flexibility index (Phi) is 8.34. The van der Waals surface area contributed by atoms with Gasteiger partial charge in [0.05, 0.1) is 24.6 Å². The Morgan fingerprint density at radius 3 is 1.59 bits per heavy atom. The van der Waals surface area contributed by atoms with E-state index in [4.69, 9.17) is 14.5 Å². The van der Waals surface area contributed by atoms with Crippen molar-refractivity contribution in [1.29, 1.82) is 0 Å². The summed E-state index contributed by atoms with van der Waals surface area (Å²) in [5.41, 5.74) is 6.29. The molecule has 0 spiro atoms. The van der Waals surface area contributed by atoms with Gasteiger partial charge in [0, 0.05) is 11.1 Å². The molecule has 0 atom stereocenters. The van der Waals surface area contributed by atoms with Crippen molar-refractivity contribution in [1.82, 2.24) is 4.98 Å². The highest BCUT2D eigenvalue weighted by Gasteiger charge is 2.12. The van der Waals surface area contributed by atoms with Gasteiger partial charge in [-0.15, -0.1) is 0 Å². The summed E-state index contributed by atoms with van der Waals surface area (Å²) < 4.78 is 12.2. The SMILES string of the molecule is CCCCOc1ccc(-c2cc(-c3ccccc3)nc(-c3ccccc3)c2)cc1OCCCC. The van der Waals surface area contributed by atoms with Crippen LogP contribution in [0.1, 0.15) is 39.5 Å². The molecule has 0 amide bonds. The van der Waals surface area contributed by atoms with Crippen molar-refractivity contribution in [2.75, 3.05) is 13.2 Å². The zero-order valence-electron chi connectivity index (χ0n) is 20.2. The molecule has 3 aromatic carbocycles. The van der Waals surface area contributed by atoms with Gasteiger partial charge in [0.1, 0.15) is 0 Å². The van der Waals surface area contributed by atoms with Crippen LogP contribution < -0.4 is 9.47 Å². The predicted octanol–water partition coefficient (Wildman–Crippen LogP) is 8.44. The number of benzene rings is 3. The standard InChI is InChI=1S/C31H33NO2/c1-3-5-19-33-30-18-17-26(23-31(30)34-20-6-4-2)27-21-28(24-13-9-7-10-14-24)32-29(22-27)25-15-11-8-12-16-25/h7-18,21-23H,3-6,19-20H2,1-2H3. The maximum absolute atomic E-state index is 6.16. The highest BCUT2D eigenvalue weighted by molar-refractivity contribution is 5.77. The zero-order valence-corrected chi connectivity index (χ0v) is 20.2. The predicted molar refractivity (Wildman–Crippen MR) is 141 cm³/mol. The third-order valence-electron chi connectivity index (χ3n) is 5.75. The fourth-order valence-corrected chi connectivity index (χ4v) is 3.78. The molecule has 174 valence electrons. The van der Waals surface area contributed by atoms with E-state index in [1.165, 1.54) is 0 Å². The highest BCUT2D eigenvalue weighted by atomic mass is 16.5. The Morgan fingerprint density at radius 1 is 0.529 bits per heavy atom. The second kappa shape index (κ2) is 12.0. The van der Waals surface area contributed by atoms with Gasteiger partial charge in [0.2, 0.25) is 0 Å². The lowest BCUT2D eigenvalue weighted by atomic mass is 9.99. The number of unbranched alkanes of at least 4 members (excludes halogenated alkanes) is 2. The molecule has 0 unspecified atom stereocenters. The van der Waals surface area contributed by atoms with Gasteiger partial charge in [-0.2, -0.15) is 0 Å². The normalized spacial score (nSPS) is 10.8. The van der Waals surface area contributed by atoms with Crippen molar-refractivity contribution in [2.45, 2.75) is 39.5 Å². The largest absolute Gasteiger partial charge is 0.490 e. The molecular weight excluding hydrogens is 418 g/mol. The summed E-state index contributed by atoms with van der Waals surface area (Å²) >= 11 is 0. The van der Waals surface area contributed by atoms with Crippen molar-refractivity contribution in [2.24, 2.45) is 0 Å². The minimum atomic E-state index is 0.685. The van der Waals surface area contributed by atoms with E-state index in [2.05, 4.69) is 62.4 Å². The molecule has 0 N–H and O–H groups in total. The molecule has 34 heavy (non-hydrogen) atoms. The average Bonchev–Trinajstić information content (AvgIpc) is 2.90. The molecule has 0 aliphatic carbocycles. The molecule has 0 saturated carbocycles. The molecule has 0 fully saturated rings. The van der Waals surface area contributed by atoms with Crippen LogP contribution in [0.25, 0.3) is 33.6 Å². The van der Waals surface area contributed by atoms with Gasteiger partial charge in [-0.05, 0) is 48.2 Å². The fraction of sp³-hybridized carbons (Fsp3) is 0.258. The molecule has 1 aromatic heterocycles. The van der Waals surface area contributed by atoms with Crippen molar-refractivity contribution >= 4 is 0 Å². The van der Waals surface area contributed by atoms with Gasteiger partial charge in [0.25, 0.3) is 0 Å². The van der Waals surface area contributed by atoms with Crippen LogP contribution in [0.3, 0.4) is 0 Å². The van der Waals surface area contributed by atoms with Crippen LogP contribution in [0.5, 0.6) is 11.5 Å². The number of pyridine rings is 1. The minimum Gasteiger partial charge on any atom is -0.490 e. The molecule has 0 bridgehead atoms. The lowest BCUT2D eigenvalue weighted by Gasteiger charge is -2.15. The van der Waals surface area contributed by atoms with E-state index in [1.807, 2.05) is 42.5 Å². The second-order valence-electron chi connectivity index (χ2n) is 8.42. The van der Waals surface area contributed by atoms with Crippen molar-refractivity contribution < 1.29 is 9.47 Å². The summed E-state index contributed by atoms with van der Waals surface area (Å²) in [6, 6.07) is 31.2. The summed E-state index contributed by atoms with van der Waals surface area (Å²) in [7, 11) is 0. The molecule has 0 radical (unpaired) electrons. The molecule has 0 saturated heterocycles. The van der Waals surface area contributed by atoms with E-state index >= 15 is 0 Å². The summed E-state index contributed by atoms with van der Waals surface area (Å²) in [6.45, 7) is 5.73. The summed E-state index contributed by atoms with van der Waals surface area (Å²) in [4.78, 5) is 4.99. The van der Waals surface area contributed by atoms with Crippen LogP contribution in [-0.2, 0) is 0 Å². The van der Waals surface area contributed by atoms with Crippen LogP contribution in [-0.4, -0.2) is 18.2 Å². The summed E-state index contributed by atoms with van der Waals surface area (Å²) in [6.07, 6.45) is 4.24. The quantitative estimate of drug-likeness (QED) is 0.214. The Morgan fingerprint density at radius 2 is 1.06 bits per heavy atom. The lowest BCUT2D eigenvalue weighted by molar-refractivity contribution is 0.262. The molecule has 4 rings (SSSR count). The Balaban J connectivity index is 1.76. The number of ether oxygens (including phenoxy) is 2. The number of hydrogen-bond donors (Lipinski definition) is 0. The third-order valence-corrected chi connectivity index (χ3v) is 5.75. The fourth-order valence-electron chi connectivity index (χ4n) is 3.78. The van der Waals surface area contributed by atoms with E-state index in [1.54, 1.807) is 0 Å². The topological polar surface area (TPSA) is 31.4 Å². The van der Waals surface area contributed by atoms with E-state index < -0.39 is 0 Å². The first-order valence-corrected chi connectivity index (χ1v) is 12.3. The zero-order chi connectivity index (χ0) is 23.6. The highest BCUT2D eigenvalue weighted by Crippen LogP contribution is 2.36. The Labute approximate surface area is 203 Å². The summed E-state index contributed by atoms with van der Waals surface area (Å²) in [5.74, 6) is 1.62. The van der Waals surface area contributed by atoms with Gasteiger partial charge in [0.15, 0.2) is 11.5 Å². The number of rotatable bonds is 11. The monoisotopic (exact) mass is 451 g/mol. The van der Waals surface area contributed by atoms with E-state index in [0.29, 0.717) is 13.2 Å². The molecular formula is C31H33NO2. The first kappa shape index (κ1) is 23.6. The number of nitrogens with zero attached hydrogens (tertiary/aromatic N) is 1. The van der Waals surface area contributed by atoms with Gasteiger partial charge in [-0.3, -0.25) is 0 Å². The van der Waals surface area contributed by atoms with Crippen LogP contribution in [0.2, 0.25) is 0 Å². The maximum atomic E-state index is 6.16. The lowest BCUT2D eigenvalue weighted by Crippen LogP contribution is -2.02. The van der Waals surface area contributed by atoms with Gasteiger partial charge in [-0.1, -0.05) is 93.4 Å². The molecule has 1 heterocycles. The first-order valence-electron chi connectivity index (χ1n) is 12.3. The number of aromatic nitrogens is 1. The molecule has 3 heteroatoms. The van der Waals surface area contributed by atoms with Gasteiger partial charge < -0.3 is 9.47 Å². The first-order chi connectivity index (χ1) is 16.8. The second-order valence-corrected chi connectivity index (χ2v) is 8.42.